The summed E-state index contributed by atoms with van der Waals surface area (Å²) in [6.07, 6.45) is 1.23. The van der Waals surface area contributed by atoms with Crippen molar-refractivity contribution < 1.29 is 19.0 Å². The zero-order valence-electron chi connectivity index (χ0n) is 16.8. The number of phenols is 1. The van der Waals surface area contributed by atoms with E-state index in [4.69, 9.17) is 15.2 Å². The van der Waals surface area contributed by atoms with Crippen LogP contribution in [0, 0.1) is 6.92 Å². The summed E-state index contributed by atoms with van der Waals surface area (Å²) in [4.78, 5) is 2.04. The van der Waals surface area contributed by atoms with E-state index in [9.17, 15) is 9.50 Å². The summed E-state index contributed by atoms with van der Waals surface area (Å²) in [5.41, 5.74) is 9.52. The molecule has 4 heterocycles. The predicted octanol–water partition coefficient (Wildman–Crippen LogP) is 2.55. The highest BCUT2D eigenvalue weighted by atomic mass is 19.1. The van der Waals surface area contributed by atoms with Crippen LogP contribution in [0.1, 0.15) is 29.5 Å². The molecule has 2 aromatic rings. The van der Waals surface area contributed by atoms with E-state index in [-0.39, 0.29) is 5.75 Å². The third-order valence-electron chi connectivity index (χ3n) is 5.70. The van der Waals surface area contributed by atoms with Crippen LogP contribution in [0.5, 0.6) is 5.75 Å². The standard InChI is InChI=1S/C15H15N3O3.C6H12FN/c1-8-2-3-9(11(19)4-8)13-10-5-21-15(6-20-7-15)12(10)14(16)18-17-13;1-8-4-2-3-6(7)5-8/h2-4,19H,5-7H2,1H3,(H2,16,18);6H,2-5H2,1H3/t;6-/m.1/s1. The maximum Gasteiger partial charge on any atom is 0.152 e. The number of hydrogen-bond donors (Lipinski definition) is 2. The monoisotopic (exact) mass is 402 g/mol. The topological polar surface area (TPSA) is 93.7 Å². The summed E-state index contributed by atoms with van der Waals surface area (Å²) >= 11 is 0. The molecule has 0 amide bonds. The van der Waals surface area contributed by atoms with Gasteiger partial charge in [-0.05, 0) is 51.1 Å². The molecule has 0 unspecified atom stereocenters. The maximum absolute atomic E-state index is 12.4. The maximum atomic E-state index is 12.4. The lowest BCUT2D eigenvalue weighted by Gasteiger charge is -2.37. The SMILES string of the molecule is CN1CCC[C@@H](F)C1.Cc1ccc(-c2nnc(N)c3c2COC32COC2)c(O)c1. The number of phenolic OH excluding ortho intramolecular Hbond substituents is 1. The number of nitrogens with zero attached hydrogens (tertiary/aromatic N) is 3. The quantitative estimate of drug-likeness (QED) is 0.757. The van der Waals surface area contributed by atoms with E-state index in [1.165, 1.54) is 0 Å². The smallest absolute Gasteiger partial charge is 0.152 e. The van der Waals surface area contributed by atoms with Gasteiger partial charge in [-0.15, -0.1) is 10.2 Å². The lowest BCUT2D eigenvalue weighted by Crippen LogP contribution is -2.46. The number of aromatic nitrogens is 2. The number of anilines is 1. The van der Waals surface area contributed by atoms with Crippen molar-refractivity contribution in [2.75, 3.05) is 39.1 Å². The predicted molar refractivity (Wildman–Crippen MR) is 107 cm³/mol. The summed E-state index contributed by atoms with van der Waals surface area (Å²) in [6.45, 7) is 5.00. The second-order valence-corrected chi connectivity index (χ2v) is 8.09. The summed E-state index contributed by atoms with van der Waals surface area (Å²) in [5, 5.41) is 18.4. The molecule has 5 rings (SSSR count). The number of likely N-dealkylation sites (tertiary alicyclic amines) is 1. The highest BCUT2D eigenvalue weighted by molar-refractivity contribution is 5.73. The first-order valence-electron chi connectivity index (χ1n) is 9.89. The Labute approximate surface area is 169 Å². The number of fused-ring (bicyclic) bond motifs is 2. The van der Waals surface area contributed by atoms with Crippen molar-refractivity contribution in [2.24, 2.45) is 0 Å². The number of ether oxygens (including phenoxy) is 2. The molecule has 1 spiro atoms. The van der Waals surface area contributed by atoms with Gasteiger partial charge in [-0.2, -0.15) is 0 Å². The number of alkyl halides is 1. The third-order valence-corrected chi connectivity index (χ3v) is 5.70. The molecule has 0 saturated carbocycles. The Morgan fingerprint density at radius 1 is 1.31 bits per heavy atom. The van der Waals surface area contributed by atoms with Gasteiger partial charge < -0.3 is 25.2 Å². The van der Waals surface area contributed by atoms with Gasteiger partial charge in [0.2, 0.25) is 0 Å². The van der Waals surface area contributed by atoms with Crippen LogP contribution in [-0.2, 0) is 21.7 Å². The number of nitrogens with two attached hydrogens (primary N) is 1. The van der Waals surface area contributed by atoms with Crippen LogP contribution in [0.4, 0.5) is 10.2 Å². The minimum atomic E-state index is -0.561. The van der Waals surface area contributed by atoms with Crippen molar-refractivity contribution in [2.45, 2.75) is 38.1 Å². The molecule has 1 aromatic heterocycles. The molecule has 1 atom stereocenters. The second kappa shape index (κ2) is 7.85. The Morgan fingerprint density at radius 3 is 2.69 bits per heavy atom. The minimum Gasteiger partial charge on any atom is -0.507 e. The first-order valence-corrected chi connectivity index (χ1v) is 9.89. The summed E-state index contributed by atoms with van der Waals surface area (Å²) in [7, 11) is 1.96. The van der Waals surface area contributed by atoms with E-state index < -0.39 is 11.8 Å². The van der Waals surface area contributed by atoms with Crippen molar-refractivity contribution >= 4 is 5.82 Å². The van der Waals surface area contributed by atoms with Gasteiger partial charge in [0.25, 0.3) is 0 Å². The van der Waals surface area contributed by atoms with Crippen LogP contribution in [0.15, 0.2) is 18.2 Å². The highest BCUT2D eigenvalue weighted by Gasteiger charge is 2.50. The Bertz CT molecular complexity index is 896. The molecule has 0 radical (unpaired) electrons. The van der Waals surface area contributed by atoms with Crippen molar-refractivity contribution in [3.63, 3.8) is 0 Å². The molecular weight excluding hydrogens is 375 g/mol. The van der Waals surface area contributed by atoms with E-state index in [2.05, 4.69) is 10.2 Å². The fraction of sp³-hybridized carbons (Fsp3) is 0.524. The van der Waals surface area contributed by atoms with Crippen molar-refractivity contribution in [3.05, 3.63) is 34.9 Å². The summed E-state index contributed by atoms with van der Waals surface area (Å²) < 4.78 is 23.6. The van der Waals surface area contributed by atoms with Gasteiger partial charge in [-0.3, -0.25) is 0 Å². The van der Waals surface area contributed by atoms with E-state index in [1.54, 1.807) is 6.07 Å². The zero-order chi connectivity index (χ0) is 20.6. The van der Waals surface area contributed by atoms with E-state index >= 15 is 0 Å². The largest absolute Gasteiger partial charge is 0.507 e. The van der Waals surface area contributed by atoms with Gasteiger partial charge in [0.1, 0.15) is 23.2 Å². The summed E-state index contributed by atoms with van der Waals surface area (Å²) in [6, 6.07) is 5.47. The fourth-order valence-corrected chi connectivity index (χ4v) is 4.10. The normalized spacial score (nSPS) is 22.5. The first-order chi connectivity index (χ1) is 13.9. The molecule has 8 heteroatoms. The molecule has 29 heavy (non-hydrogen) atoms. The summed E-state index contributed by atoms with van der Waals surface area (Å²) in [5.74, 6) is 0.559. The number of rotatable bonds is 1. The van der Waals surface area contributed by atoms with Gasteiger partial charge in [0.05, 0.1) is 19.8 Å². The highest BCUT2D eigenvalue weighted by Crippen LogP contribution is 2.47. The lowest BCUT2D eigenvalue weighted by atomic mass is 9.89. The molecule has 156 valence electrons. The van der Waals surface area contributed by atoms with E-state index in [0.29, 0.717) is 43.4 Å². The van der Waals surface area contributed by atoms with Gasteiger partial charge >= 0.3 is 0 Å². The van der Waals surface area contributed by atoms with Crippen LogP contribution >= 0.6 is 0 Å². The van der Waals surface area contributed by atoms with Gasteiger partial charge in [0.15, 0.2) is 5.82 Å². The molecule has 3 aliphatic heterocycles. The molecule has 0 bridgehead atoms. The van der Waals surface area contributed by atoms with E-state index in [0.717, 1.165) is 36.1 Å². The van der Waals surface area contributed by atoms with Crippen LogP contribution < -0.4 is 5.73 Å². The second-order valence-electron chi connectivity index (χ2n) is 8.09. The van der Waals surface area contributed by atoms with E-state index in [1.807, 2.05) is 31.0 Å². The first kappa shape index (κ1) is 20.0. The number of nitrogen functional groups attached to an aromatic ring is 1. The Morgan fingerprint density at radius 2 is 2.10 bits per heavy atom. The van der Waals surface area contributed by atoms with Gasteiger partial charge in [0, 0.05) is 23.2 Å². The number of aromatic hydroxyl groups is 1. The van der Waals surface area contributed by atoms with Crippen molar-refractivity contribution in [3.8, 4) is 17.0 Å². The number of benzene rings is 1. The number of hydrogen-bond acceptors (Lipinski definition) is 7. The minimum absolute atomic E-state index is 0.182. The number of halogens is 1. The van der Waals surface area contributed by atoms with Crippen LogP contribution in [-0.4, -0.2) is 59.7 Å². The van der Waals surface area contributed by atoms with Crippen LogP contribution in [0.25, 0.3) is 11.3 Å². The fourth-order valence-electron chi connectivity index (χ4n) is 4.10. The molecule has 2 saturated heterocycles. The Kier molecular flexibility index (Phi) is 5.42. The molecule has 3 aliphatic rings. The average molecular weight is 402 g/mol. The average Bonchev–Trinajstić information content (AvgIpc) is 3.05. The van der Waals surface area contributed by atoms with Crippen LogP contribution in [0.2, 0.25) is 0 Å². The Balaban J connectivity index is 0.000000216. The number of aryl methyl sites for hydroxylation is 1. The third kappa shape index (κ3) is 3.80. The number of piperidine rings is 1. The molecule has 7 nitrogen and oxygen atoms in total. The molecular formula is C21H27FN4O3. The van der Waals surface area contributed by atoms with Crippen molar-refractivity contribution in [1.82, 2.24) is 15.1 Å². The van der Waals surface area contributed by atoms with Gasteiger partial charge in [-0.1, -0.05) is 6.07 Å². The molecule has 1 aromatic carbocycles. The van der Waals surface area contributed by atoms with Gasteiger partial charge in [-0.25, -0.2) is 4.39 Å². The molecule has 3 N–H and O–H groups in total. The lowest BCUT2D eigenvalue weighted by molar-refractivity contribution is -0.209. The Hall–Kier alpha value is -2.29. The van der Waals surface area contributed by atoms with Crippen LogP contribution in [0.3, 0.4) is 0 Å². The zero-order valence-corrected chi connectivity index (χ0v) is 16.8. The molecule has 0 aliphatic carbocycles. The van der Waals surface area contributed by atoms with Crippen molar-refractivity contribution in [1.29, 1.82) is 0 Å². The molecule has 2 fully saturated rings.